The van der Waals surface area contributed by atoms with Crippen molar-refractivity contribution < 1.29 is 0 Å². The molecule has 0 saturated heterocycles. The molecule has 240 valence electrons. The Labute approximate surface area is 297 Å². The molecule has 7 aromatic carbocycles. The Bertz CT molecular complexity index is 3040. The third kappa shape index (κ3) is 4.35. The van der Waals surface area contributed by atoms with E-state index in [0.29, 0.717) is 0 Å². The average molecular weight is 671 g/mol. The maximum atomic E-state index is 5.40. The number of benzene rings is 7. The van der Waals surface area contributed by atoms with Gasteiger partial charge in [-0.1, -0.05) is 115 Å². The van der Waals surface area contributed by atoms with Gasteiger partial charge in [-0.25, -0.2) is 4.99 Å². The van der Waals surface area contributed by atoms with Crippen molar-refractivity contribution in [3.8, 4) is 5.69 Å². The third-order valence-electron chi connectivity index (χ3n) is 10.3. The molecule has 1 aliphatic rings. The Morgan fingerprint density at radius 3 is 1.73 bits per heavy atom. The highest BCUT2D eigenvalue weighted by molar-refractivity contribution is 7.26. The van der Waals surface area contributed by atoms with Gasteiger partial charge in [0.05, 0.1) is 27.8 Å². The minimum Gasteiger partial charge on any atom is -0.346 e. The molecule has 3 aromatic heterocycles. The van der Waals surface area contributed by atoms with Crippen molar-refractivity contribution in [1.82, 2.24) is 14.5 Å². The predicted octanol–water partition coefficient (Wildman–Crippen LogP) is 11.8. The van der Waals surface area contributed by atoms with Gasteiger partial charge in [0, 0.05) is 53.1 Å². The fourth-order valence-corrected chi connectivity index (χ4v) is 9.19. The molecule has 0 bridgehead atoms. The first kappa shape index (κ1) is 28.4. The number of fused-ring (bicyclic) bond motifs is 9. The molecule has 0 saturated carbocycles. The van der Waals surface area contributed by atoms with Gasteiger partial charge in [-0.05, 0) is 65.7 Å². The number of hydrogen-bond acceptors (Lipinski definition) is 3. The molecule has 0 spiro atoms. The van der Waals surface area contributed by atoms with Gasteiger partial charge < -0.3 is 14.5 Å². The molecule has 5 heteroatoms. The first-order chi connectivity index (χ1) is 25.3. The Morgan fingerprint density at radius 1 is 0.471 bits per heavy atom. The van der Waals surface area contributed by atoms with Gasteiger partial charge >= 0.3 is 0 Å². The standard InChI is InChI=1S/C46H30N4S/c1-4-14-29(15-5-1)38-28-39(30-16-6-2-7-17-30)48-46(47-38)50-41-23-13-11-21-33(41)35-27-45-37(25-43(35)50)36-24-42-34(26-44(36)51-45)32-20-10-12-22-40(32)49(42)31-18-8-3-9-19-31/h1-28,46-47H. The summed E-state index contributed by atoms with van der Waals surface area (Å²) in [5.41, 5.74) is 10.2. The van der Waals surface area contributed by atoms with Gasteiger partial charge in [0.1, 0.15) is 0 Å². The molecule has 0 aliphatic carbocycles. The lowest BCUT2D eigenvalue weighted by Gasteiger charge is -2.27. The van der Waals surface area contributed by atoms with E-state index in [1.54, 1.807) is 0 Å². The van der Waals surface area contributed by atoms with Crippen molar-refractivity contribution in [2.45, 2.75) is 6.29 Å². The summed E-state index contributed by atoms with van der Waals surface area (Å²) in [5.74, 6) is 0. The van der Waals surface area contributed by atoms with Gasteiger partial charge in [0.25, 0.3) is 0 Å². The van der Waals surface area contributed by atoms with Crippen molar-refractivity contribution in [1.29, 1.82) is 0 Å². The van der Waals surface area contributed by atoms with Crippen LogP contribution in [0.2, 0.25) is 0 Å². The molecule has 10 aromatic rings. The van der Waals surface area contributed by atoms with E-state index in [0.717, 1.165) is 33.6 Å². The lowest BCUT2D eigenvalue weighted by molar-refractivity contribution is 0.508. The van der Waals surface area contributed by atoms with Crippen molar-refractivity contribution >= 4 is 86.5 Å². The highest BCUT2D eigenvalue weighted by Crippen LogP contribution is 2.44. The number of rotatable bonds is 4. The smallest absolute Gasteiger partial charge is 0.201 e. The second-order valence-electron chi connectivity index (χ2n) is 13.2. The summed E-state index contributed by atoms with van der Waals surface area (Å²) >= 11 is 1.88. The monoisotopic (exact) mass is 670 g/mol. The quantitative estimate of drug-likeness (QED) is 0.199. The summed E-state index contributed by atoms with van der Waals surface area (Å²) in [6.07, 6.45) is 1.83. The van der Waals surface area contributed by atoms with Crippen LogP contribution in [0.1, 0.15) is 17.4 Å². The second-order valence-corrected chi connectivity index (χ2v) is 14.3. The number of allylic oxidation sites excluding steroid dienone is 1. The zero-order valence-corrected chi connectivity index (χ0v) is 28.3. The first-order valence-electron chi connectivity index (χ1n) is 17.3. The van der Waals surface area contributed by atoms with E-state index in [9.17, 15) is 0 Å². The Hall–Kier alpha value is -6.43. The fourth-order valence-electron chi connectivity index (χ4n) is 8.04. The van der Waals surface area contributed by atoms with Gasteiger partial charge in [-0.15, -0.1) is 11.3 Å². The van der Waals surface area contributed by atoms with Crippen molar-refractivity contribution in [2.24, 2.45) is 4.99 Å². The largest absolute Gasteiger partial charge is 0.346 e. The van der Waals surface area contributed by atoms with E-state index < -0.39 is 0 Å². The van der Waals surface area contributed by atoms with Crippen LogP contribution in [0.25, 0.3) is 75.2 Å². The van der Waals surface area contributed by atoms with E-state index in [2.05, 4.69) is 184 Å². The summed E-state index contributed by atoms with van der Waals surface area (Å²) in [6, 6.07) is 58.9. The zero-order chi connectivity index (χ0) is 33.5. The topological polar surface area (TPSA) is 34.2 Å². The summed E-state index contributed by atoms with van der Waals surface area (Å²) < 4.78 is 7.39. The minimum atomic E-state index is -0.350. The van der Waals surface area contributed by atoms with Crippen molar-refractivity contribution in [2.75, 3.05) is 0 Å². The van der Waals surface area contributed by atoms with E-state index in [4.69, 9.17) is 4.99 Å². The summed E-state index contributed by atoms with van der Waals surface area (Å²) in [5, 5.41) is 11.4. The van der Waals surface area contributed by atoms with Crippen LogP contribution < -0.4 is 5.32 Å². The van der Waals surface area contributed by atoms with Gasteiger partial charge in [-0.2, -0.15) is 0 Å². The van der Waals surface area contributed by atoms with E-state index in [-0.39, 0.29) is 6.29 Å². The third-order valence-corrected chi connectivity index (χ3v) is 11.5. The van der Waals surface area contributed by atoms with Gasteiger partial charge in [0.15, 0.2) is 0 Å². The number of thiophene rings is 1. The molecule has 0 amide bonds. The molecule has 0 radical (unpaired) electrons. The maximum absolute atomic E-state index is 5.40. The van der Waals surface area contributed by atoms with Gasteiger partial charge in [0.2, 0.25) is 6.29 Å². The Kier molecular flexibility index (Phi) is 6.15. The Balaban J connectivity index is 1.18. The highest BCUT2D eigenvalue weighted by atomic mass is 32.1. The second kappa shape index (κ2) is 11.0. The van der Waals surface area contributed by atoms with Crippen LogP contribution in [0.15, 0.2) is 175 Å². The number of aliphatic imine (C=N–C) groups is 1. The predicted molar refractivity (Wildman–Crippen MR) is 216 cm³/mol. The van der Waals surface area contributed by atoms with Crippen molar-refractivity contribution in [3.63, 3.8) is 0 Å². The van der Waals surface area contributed by atoms with E-state index >= 15 is 0 Å². The molecular weight excluding hydrogens is 641 g/mol. The van der Waals surface area contributed by atoms with Crippen LogP contribution >= 0.6 is 11.3 Å². The number of hydrogen-bond donors (Lipinski definition) is 1. The molecule has 51 heavy (non-hydrogen) atoms. The minimum absolute atomic E-state index is 0.350. The molecule has 1 aliphatic heterocycles. The molecule has 0 fully saturated rings. The SMILES string of the molecule is C1=C(c2ccccc2)NC(n2c3ccccc3c3cc4sc5cc6c7ccccc7n(-c7ccccc7)c6cc5c4cc32)N=C1c1ccccc1. The van der Waals surface area contributed by atoms with Crippen molar-refractivity contribution in [3.05, 3.63) is 181 Å². The number of nitrogens with zero attached hydrogens (tertiary/aromatic N) is 3. The van der Waals surface area contributed by atoms with E-state index in [1.165, 1.54) is 58.4 Å². The van der Waals surface area contributed by atoms with Gasteiger partial charge in [-0.3, -0.25) is 0 Å². The van der Waals surface area contributed by atoms with E-state index in [1.807, 2.05) is 11.3 Å². The normalized spacial score (nSPS) is 14.9. The number of para-hydroxylation sites is 3. The van der Waals surface area contributed by atoms with Crippen LogP contribution in [0, 0.1) is 0 Å². The average Bonchev–Trinajstić information content (AvgIpc) is 3.83. The summed E-state index contributed by atoms with van der Waals surface area (Å²) in [6.45, 7) is 0. The molecule has 1 unspecified atom stereocenters. The molecule has 1 N–H and O–H groups in total. The lowest BCUT2D eigenvalue weighted by atomic mass is 10.0. The van der Waals surface area contributed by atoms with Crippen LogP contribution in [-0.2, 0) is 0 Å². The zero-order valence-electron chi connectivity index (χ0n) is 27.5. The number of nitrogens with one attached hydrogen (secondary N) is 1. The first-order valence-corrected chi connectivity index (χ1v) is 18.1. The summed E-state index contributed by atoms with van der Waals surface area (Å²) in [7, 11) is 0. The molecular formula is C46H30N4S. The Morgan fingerprint density at radius 2 is 1.02 bits per heavy atom. The van der Waals surface area contributed by atoms with Crippen LogP contribution in [0.5, 0.6) is 0 Å². The molecule has 11 rings (SSSR count). The molecule has 4 nitrogen and oxygen atoms in total. The van der Waals surface area contributed by atoms with Crippen LogP contribution in [-0.4, -0.2) is 14.8 Å². The highest BCUT2D eigenvalue weighted by Gasteiger charge is 2.24. The molecule has 1 atom stereocenters. The summed E-state index contributed by atoms with van der Waals surface area (Å²) in [4.78, 5) is 5.40. The molecule has 4 heterocycles. The van der Waals surface area contributed by atoms with Crippen LogP contribution in [0.3, 0.4) is 0 Å². The van der Waals surface area contributed by atoms with Crippen LogP contribution in [0.4, 0.5) is 0 Å². The lowest BCUT2D eigenvalue weighted by Crippen LogP contribution is -2.29. The number of aromatic nitrogens is 2. The maximum Gasteiger partial charge on any atom is 0.201 e. The fraction of sp³-hybridized carbons (Fsp3) is 0.0217.